The van der Waals surface area contributed by atoms with Crippen LogP contribution in [-0.4, -0.2) is 36.5 Å². The second kappa shape index (κ2) is 11.2. The Hall–Kier alpha value is -0.720. The Bertz CT molecular complexity index is 600. The molecule has 0 spiro atoms. The van der Waals surface area contributed by atoms with Gasteiger partial charge in [-0.3, -0.25) is 4.90 Å². The molecule has 8 heteroatoms. The van der Waals surface area contributed by atoms with Crippen LogP contribution in [0.5, 0.6) is 5.75 Å². The third kappa shape index (κ3) is 5.89. The number of nitrogens with zero attached hydrogens (tertiary/aromatic N) is 2. The summed E-state index contributed by atoms with van der Waals surface area (Å²) in [6.07, 6.45) is 4.90. The van der Waals surface area contributed by atoms with Gasteiger partial charge in [0.1, 0.15) is 17.3 Å². The van der Waals surface area contributed by atoms with Gasteiger partial charge in [-0.05, 0) is 63.4 Å². The third-order valence-electron chi connectivity index (χ3n) is 5.14. The summed E-state index contributed by atoms with van der Waals surface area (Å²) in [5, 5.41) is 0. The molecule has 5 nitrogen and oxygen atoms in total. The highest BCUT2D eigenvalue weighted by atomic mass is 35.5. The summed E-state index contributed by atoms with van der Waals surface area (Å²) < 4.78 is 5.77. The van der Waals surface area contributed by atoms with Gasteiger partial charge in [0.2, 0.25) is 0 Å². The first-order valence-corrected chi connectivity index (χ1v) is 8.60. The minimum Gasteiger partial charge on any atom is -0.481 e. The molecule has 0 bridgehead atoms. The van der Waals surface area contributed by atoms with E-state index in [-0.39, 0.29) is 43.3 Å². The van der Waals surface area contributed by atoms with Crippen LogP contribution in [-0.2, 0) is 6.54 Å². The molecule has 3 atom stereocenters. The van der Waals surface area contributed by atoms with Gasteiger partial charge in [-0.25, -0.2) is 4.99 Å². The van der Waals surface area contributed by atoms with Gasteiger partial charge in [0.25, 0.3) is 0 Å². The minimum atomic E-state index is -0.147. The van der Waals surface area contributed by atoms with Gasteiger partial charge >= 0.3 is 0 Å². The van der Waals surface area contributed by atoms with Gasteiger partial charge in [0.05, 0.1) is 0 Å². The van der Waals surface area contributed by atoms with Gasteiger partial charge < -0.3 is 16.2 Å². The molecule has 1 heterocycles. The Morgan fingerprint density at radius 2 is 1.96 bits per heavy atom. The first kappa shape index (κ1) is 25.3. The Balaban J connectivity index is 0.00000208. The standard InChI is InChI=1S/C18H28N4O.3ClH/c1-12-18(20)21-16-9-14(6-7-17(16)23-12)11-22(2)15-5-3-4-13(8-15)10-19;;;/h6-7,9,12-13,15H,3-5,8,10-11,19H2,1-2H3,(H2,20,21);3*1H. The zero-order valence-electron chi connectivity index (χ0n) is 15.4. The predicted molar refractivity (Wildman–Crippen MR) is 116 cm³/mol. The summed E-state index contributed by atoms with van der Waals surface area (Å²) in [6.45, 7) is 3.65. The molecule has 0 aromatic heterocycles. The highest BCUT2D eigenvalue weighted by Gasteiger charge is 2.24. The molecule has 2 aliphatic rings. The predicted octanol–water partition coefficient (Wildman–Crippen LogP) is 3.67. The molecule has 0 radical (unpaired) electrons. The first-order chi connectivity index (χ1) is 11.1. The maximum absolute atomic E-state index is 5.89. The van der Waals surface area contributed by atoms with E-state index in [9.17, 15) is 0 Å². The van der Waals surface area contributed by atoms with E-state index >= 15 is 0 Å². The fourth-order valence-corrected chi connectivity index (χ4v) is 3.62. The number of rotatable bonds is 4. The zero-order chi connectivity index (χ0) is 16.4. The lowest BCUT2D eigenvalue weighted by molar-refractivity contribution is 0.154. The summed E-state index contributed by atoms with van der Waals surface area (Å²) in [4.78, 5) is 6.91. The van der Waals surface area contributed by atoms with Gasteiger partial charge in [-0.15, -0.1) is 37.2 Å². The highest BCUT2D eigenvalue weighted by Crippen LogP contribution is 2.34. The van der Waals surface area contributed by atoms with Gasteiger partial charge in [-0.2, -0.15) is 0 Å². The Morgan fingerprint density at radius 1 is 1.23 bits per heavy atom. The van der Waals surface area contributed by atoms with Crippen LogP contribution in [0.3, 0.4) is 0 Å². The lowest BCUT2D eigenvalue weighted by atomic mass is 9.85. The van der Waals surface area contributed by atoms with E-state index in [2.05, 4.69) is 29.1 Å². The van der Waals surface area contributed by atoms with E-state index in [4.69, 9.17) is 16.2 Å². The second-order valence-electron chi connectivity index (χ2n) is 6.94. The molecule has 1 aliphatic carbocycles. The molecule has 3 rings (SSSR count). The van der Waals surface area contributed by atoms with E-state index in [1.54, 1.807) is 0 Å². The maximum Gasteiger partial charge on any atom is 0.153 e. The van der Waals surface area contributed by atoms with Crippen molar-refractivity contribution in [1.82, 2.24) is 4.90 Å². The Kier molecular flexibility index (Phi) is 10.9. The van der Waals surface area contributed by atoms with Crippen LogP contribution in [0.1, 0.15) is 38.2 Å². The first-order valence-electron chi connectivity index (χ1n) is 8.60. The van der Waals surface area contributed by atoms with Crippen molar-refractivity contribution in [1.29, 1.82) is 0 Å². The molecule has 4 N–H and O–H groups in total. The third-order valence-corrected chi connectivity index (χ3v) is 5.14. The van der Waals surface area contributed by atoms with Crippen molar-refractivity contribution in [3.63, 3.8) is 0 Å². The summed E-state index contributed by atoms with van der Waals surface area (Å²) in [5.74, 6) is 2.04. The number of benzene rings is 1. The number of nitrogens with two attached hydrogens (primary N) is 2. The smallest absolute Gasteiger partial charge is 0.153 e. The molecular formula is C18H31Cl3N4O. The summed E-state index contributed by atoms with van der Waals surface area (Å²) in [7, 11) is 2.21. The fraction of sp³-hybridized carbons (Fsp3) is 0.611. The topological polar surface area (TPSA) is 76.9 Å². The zero-order valence-corrected chi connectivity index (χ0v) is 17.8. The quantitative estimate of drug-likeness (QED) is 0.771. The molecule has 3 unspecified atom stereocenters. The van der Waals surface area contributed by atoms with E-state index in [1.165, 1.54) is 31.2 Å². The van der Waals surface area contributed by atoms with Gasteiger partial charge in [0, 0.05) is 12.6 Å². The van der Waals surface area contributed by atoms with Crippen molar-refractivity contribution in [2.24, 2.45) is 22.4 Å². The van der Waals surface area contributed by atoms with E-state index in [0.717, 1.165) is 24.5 Å². The van der Waals surface area contributed by atoms with E-state index in [1.807, 2.05) is 13.0 Å². The van der Waals surface area contributed by atoms with Gasteiger partial charge in [-0.1, -0.05) is 12.5 Å². The number of hydrogen-bond acceptors (Lipinski definition) is 5. The highest BCUT2D eigenvalue weighted by molar-refractivity contribution is 5.89. The van der Waals surface area contributed by atoms with Crippen LogP contribution in [0.4, 0.5) is 5.69 Å². The number of fused-ring (bicyclic) bond motifs is 1. The van der Waals surface area contributed by atoms with Crippen molar-refractivity contribution < 1.29 is 4.74 Å². The SMILES string of the molecule is CC1Oc2ccc(CN(C)C3CCCC(CN)C3)cc2N=C1N.Cl.Cl.Cl. The van der Waals surface area contributed by atoms with E-state index in [0.29, 0.717) is 17.8 Å². The van der Waals surface area contributed by atoms with Crippen LogP contribution in [0.2, 0.25) is 0 Å². The average molecular weight is 426 g/mol. The van der Waals surface area contributed by atoms with E-state index < -0.39 is 0 Å². The number of halogens is 3. The Labute approximate surface area is 175 Å². The number of aliphatic imine (C=N–C) groups is 1. The molecule has 0 saturated heterocycles. The number of hydrogen-bond donors (Lipinski definition) is 2. The minimum absolute atomic E-state index is 0. The molecule has 1 aromatic rings. The molecule has 1 saturated carbocycles. The molecule has 1 aromatic carbocycles. The number of amidine groups is 1. The van der Waals surface area contributed by atoms with Crippen molar-refractivity contribution in [3.8, 4) is 5.75 Å². The van der Waals surface area contributed by atoms with Crippen LogP contribution >= 0.6 is 37.2 Å². The molecule has 1 fully saturated rings. The monoisotopic (exact) mass is 424 g/mol. The number of ether oxygens (including phenoxy) is 1. The van der Waals surface area contributed by atoms with Crippen molar-refractivity contribution in [3.05, 3.63) is 23.8 Å². The van der Waals surface area contributed by atoms with Gasteiger partial charge in [0.15, 0.2) is 6.10 Å². The summed E-state index contributed by atoms with van der Waals surface area (Å²) in [6, 6.07) is 6.85. The normalized spacial score (nSPS) is 24.2. The summed E-state index contributed by atoms with van der Waals surface area (Å²) >= 11 is 0. The molecule has 1 aliphatic heterocycles. The largest absolute Gasteiger partial charge is 0.481 e. The Morgan fingerprint density at radius 3 is 2.65 bits per heavy atom. The maximum atomic E-state index is 5.89. The lowest BCUT2D eigenvalue weighted by Crippen LogP contribution is -2.37. The fourth-order valence-electron chi connectivity index (χ4n) is 3.62. The van der Waals surface area contributed by atoms with Crippen LogP contribution < -0.4 is 16.2 Å². The molecule has 26 heavy (non-hydrogen) atoms. The van der Waals surface area contributed by atoms with Crippen LogP contribution in [0.15, 0.2) is 23.2 Å². The summed E-state index contributed by atoms with van der Waals surface area (Å²) in [5.41, 5.74) is 13.8. The van der Waals surface area contributed by atoms with Crippen molar-refractivity contribution >= 4 is 48.7 Å². The van der Waals surface area contributed by atoms with Crippen molar-refractivity contribution in [2.45, 2.75) is 51.3 Å². The van der Waals surface area contributed by atoms with Crippen molar-refractivity contribution in [2.75, 3.05) is 13.6 Å². The van der Waals surface area contributed by atoms with Crippen LogP contribution in [0, 0.1) is 5.92 Å². The van der Waals surface area contributed by atoms with Crippen LogP contribution in [0.25, 0.3) is 0 Å². The molecule has 0 amide bonds. The average Bonchev–Trinajstić information content (AvgIpc) is 2.56. The lowest BCUT2D eigenvalue weighted by Gasteiger charge is -2.35. The molecule has 150 valence electrons. The molecular weight excluding hydrogens is 395 g/mol. The second-order valence-corrected chi connectivity index (χ2v) is 6.94.